The fraction of sp³-hybridized carbons (Fsp3) is 0.421. The summed E-state index contributed by atoms with van der Waals surface area (Å²) in [4.78, 5) is 30.6. The highest BCUT2D eigenvalue weighted by molar-refractivity contribution is 7.09. The summed E-state index contributed by atoms with van der Waals surface area (Å²) in [6.07, 6.45) is 4.96. The quantitative estimate of drug-likeness (QED) is 0.731. The van der Waals surface area contributed by atoms with E-state index in [-0.39, 0.29) is 17.5 Å². The van der Waals surface area contributed by atoms with Gasteiger partial charge in [0.25, 0.3) is 0 Å². The molecule has 1 aromatic heterocycles. The fourth-order valence-corrected chi connectivity index (χ4v) is 3.96. The van der Waals surface area contributed by atoms with Gasteiger partial charge in [0.15, 0.2) is 5.78 Å². The van der Waals surface area contributed by atoms with Crippen LogP contribution in [0, 0.1) is 5.82 Å². The van der Waals surface area contributed by atoms with Crippen molar-refractivity contribution in [3.05, 3.63) is 52.2 Å². The third kappa shape index (κ3) is 4.72. The highest BCUT2D eigenvalue weighted by Gasteiger charge is 2.24. The summed E-state index contributed by atoms with van der Waals surface area (Å²) in [7, 11) is 0. The van der Waals surface area contributed by atoms with Crippen molar-refractivity contribution < 1.29 is 14.0 Å². The Morgan fingerprint density at radius 3 is 2.52 bits per heavy atom. The maximum atomic E-state index is 12.9. The first-order valence-electron chi connectivity index (χ1n) is 8.59. The van der Waals surface area contributed by atoms with Crippen molar-refractivity contribution >= 4 is 23.0 Å². The third-order valence-corrected chi connectivity index (χ3v) is 5.55. The van der Waals surface area contributed by atoms with E-state index in [1.165, 1.54) is 24.3 Å². The number of piperidine rings is 1. The van der Waals surface area contributed by atoms with Gasteiger partial charge in [-0.3, -0.25) is 9.59 Å². The van der Waals surface area contributed by atoms with Crippen LogP contribution in [0.2, 0.25) is 0 Å². The van der Waals surface area contributed by atoms with Crippen molar-refractivity contribution in [3.8, 4) is 0 Å². The number of ketones is 1. The van der Waals surface area contributed by atoms with Gasteiger partial charge in [0.1, 0.15) is 5.82 Å². The normalized spacial score (nSPS) is 15.3. The molecular formula is C19H21FN2O2S. The zero-order valence-electron chi connectivity index (χ0n) is 14.0. The zero-order chi connectivity index (χ0) is 17.6. The molecule has 132 valence electrons. The number of aromatic nitrogens is 1. The van der Waals surface area contributed by atoms with E-state index in [0.717, 1.165) is 30.9 Å². The minimum absolute atomic E-state index is 0.0460. The number of amides is 1. The molecule has 1 aliphatic rings. The Hall–Kier alpha value is -2.08. The summed E-state index contributed by atoms with van der Waals surface area (Å²) in [6, 6.07) is 5.54. The van der Waals surface area contributed by atoms with Crippen molar-refractivity contribution in [2.45, 2.75) is 38.0 Å². The highest BCUT2D eigenvalue weighted by Crippen LogP contribution is 2.29. The number of carbonyl (C=O) groups excluding carboxylic acids is 2. The minimum atomic E-state index is -0.354. The van der Waals surface area contributed by atoms with Gasteiger partial charge >= 0.3 is 0 Å². The summed E-state index contributed by atoms with van der Waals surface area (Å²) < 4.78 is 12.9. The molecule has 0 bridgehead atoms. The molecular weight excluding hydrogens is 339 g/mol. The molecule has 4 nitrogen and oxygen atoms in total. The Bertz CT molecular complexity index is 708. The first-order chi connectivity index (χ1) is 12.1. The number of Topliss-reactive ketones (excluding diaryl/α,β-unsaturated/α-hetero) is 1. The smallest absolute Gasteiger partial charge is 0.222 e. The monoisotopic (exact) mass is 360 g/mol. The molecule has 3 rings (SSSR count). The van der Waals surface area contributed by atoms with Gasteiger partial charge < -0.3 is 4.90 Å². The molecule has 0 aliphatic carbocycles. The Morgan fingerprint density at radius 2 is 1.88 bits per heavy atom. The lowest BCUT2D eigenvalue weighted by Crippen LogP contribution is -2.37. The number of halogens is 1. The lowest BCUT2D eigenvalue weighted by molar-refractivity contribution is -0.132. The number of hydrogen-bond acceptors (Lipinski definition) is 4. The second-order valence-corrected chi connectivity index (χ2v) is 7.24. The van der Waals surface area contributed by atoms with Crippen LogP contribution < -0.4 is 0 Å². The minimum Gasteiger partial charge on any atom is -0.343 e. The molecule has 1 fully saturated rings. The lowest BCUT2D eigenvalue weighted by Gasteiger charge is -2.31. The SMILES string of the molecule is O=C(CCCC(=O)N1CCC(c2nccs2)CC1)c1ccc(F)cc1. The zero-order valence-corrected chi connectivity index (χ0v) is 14.8. The second-order valence-electron chi connectivity index (χ2n) is 6.31. The van der Waals surface area contributed by atoms with Crippen molar-refractivity contribution in [1.29, 1.82) is 0 Å². The van der Waals surface area contributed by atoms with Crippen molar-refractivity contribution in [1.82, 2.24) is 9.88 Å². The number of thiazole rings is 1. The van der Waals surface area contributed by atoms with Crippen LogP contribution in [0.1, 0.15) is 53.4 Å². The maximum Gasteiger partial charge on any atom is 0.222 e. The molecule has 1 amide bonds. The standard InChI is InChI=1S/C19H21FN2O2S/c20-16-6-4-14(5-7-16)17(23)2-1-3-18(24)22-11-8-15(9-12-22)19-21-10-13-25-19/h4-7,10,13,15H,1-3,8-9,11-12H2. The van der Waals surface area contributed by atoms with Crippen LogP contribution in [0.5, 0.6) is 0 Å². The van der Waals surface area contributed by atoms with E-state index >= 15 is 0 Å². The van der Waals surface area contributed by atoms with E-state index < -0.39 is 0 Å². The molecule has 0 unspecified atom stereocenters. The van der Waals surface area contributed by atoms with E-state index in [9.17, 15) is 14.0 Å². The van der Waals surface area contributed by atoms with Crippen LogP contribution in [0.4, 0.5) is 4.39 Å². The third-order valence-electron chi connectivity index (χ3n) is 4.61. The number of carbonyl (C=O) groups is 2. The number of benzene rings is 1. The van der Waals surface area contributed by atoms with Gasteiger partial charge in [-0.1, -0.05) is 0 Å². The summed E-state index contributed by atoms with van der Waals surface area (Å²) >= 11 is 1.68. The summed E-state index contributed by atoms with van der Waals surface area (Å²) in [5, 5.41) is 3.15. The first kappa shape index (κ1) is 17.7. The van der Waals surface area contributed by atoms with Crippen LogP contribution in [0.15, 0.2) is 35.8 Å². The predicted molar refractivity (Wildman–Crippen MR) is 95.3 cm³/mol. The Labute approximate surface area is 150 Å². The van der Waals surface area contributed by atoms with Gasteiger partial charge in [0, 0.05) is 49.0 Å². The molecule has 6 heteroatoms. The predicted octanol–water partition coefficient (Wildman–Crippen LogP) is 4.04. The molecule has 1 saturated heterocycles. The topological polar surface area (TPSA) is 50.3 Å². The second kappa shape index (κ2) is 8.34. The molecule has 0 saturated carbocycles. The van der Waals surface area contributed by atoms with E-state index in [1.807, 2.05) is 16.5 Å². The summed E-state index contributed by atoms with van der Waals surface area (Å²) in [5.41, 5.74) is 0.498. The molecule has 2 aromatic rings. The van der Waals surface area contributed by atoms with Crippen LogP contribution in [-0.2, 0) is 4.79 Å². The van der Waals surface area contributed by atoms with E-state index in [1.54, 1.807) is 11.3 Å². The van der Waals surface area contributed by atoms with Crippen molar-refractivity contribution in [2.75, 3.05) is 13.1 Å². The average molecular weight is 360 g/mol. The number of hydrogen-bond donors (Lipinski definition) is 0. The van der Waals surface area contributed by atoms with Gasteiger partial charge in [0.05, 0.1) is 5.01 Å². The molecule has 0 spiro atoms. The molecule has 2 heterocycles. The van der Waals surface area contributed by atoms with Crippen molar-refractivity contribution in [2.24, 2.45) is 0 Å². The lowest BCUT2D eigenvalue weighted by atomic mass is 9.97. The van der Waals surface area contributed by atoms with Crippen LogP contribution in [0.3, 0.4) is 0 Å². The molecule has 0 N–H and O–H groups in total. The fourth-order valence-electron chi connectivity index (χ4n) is 3.15. The highest BCUT2D eigenvalue weighted by atomic mass is 32.1. The first-order valence-corrected chi connectivity index (χ1v) is 9.47. The van der Waals surface area contributed by atoms with Gasteiger partial charge in [-0.05, 0) is 43.5 Å². The van der Waals surface area contributed by atoms with Crippen LogP contribution in [0.25, 0.3) is 0 Å². The molecule has 0 atom stereocenters. The number of rotatable bonds is 6. The molecule has 1 aliphatic heterocycles. The number of likely N-dealkylation sites (tertiary alicyclic amines) is 1. The van der Waals surface area contributed by atoms with Gasteiger partial charge in [0.2, 0.25) is 5.91 Å². The average Bonchev–Trinajstić information content (AvgIpc) is 3.17. The Kier molecular flexibility index (Phi) is 5.91. The van der Waals surface area contributed by atoms with Crippen LogP contribution in [-0.4, -0.2) is 34.7 Å². The van der Waals surface area contributed by atoms with E-state index in [0.29, 0.717) is 30.7 Å². The summed E-state index contributed by atoms with van der Waals surface area (Å²) in [6.45, 7) is 1.52. The van der Waals surface area contributed by atoms with Gasteiger partial charge in [-0.2, -0.15) is 0 Å². The van der Waals surface area contributed by atoms with Crippen molar-refractivity contribution in [3.63, 3.8) is 0 Å². The van der Waals surface area contributed by atoms with Gasteiger partial charge in [-0.25, -0.2) is 9.37 Å². The molecule has 1 aromatic carbocycles. The molecule has 25 heavy (non-hydrogen) atoms. The number of nitrogens with zero attached hydrogens (tertiary/aromatic N) is 2. The summed E-state index contributed by atoms with van der Waals surface area (Å²) in [5.74, 6) is 0.178. The Morgan fingerprint density at radius 1 is 1.16 bits per heavy atom. The largest absolute Gasteiger partial charge is 0.343 e. The van der Waals surface area contributed by atoms with Crippen LogP contribution >= 0.6 is 11.3 Å². The van der Waals surface area contributed by atoms with Gasteiger partial charge in [-0.15, -0.1) is 11.3 Å². The molecule has 0 radical (unpaired) electrons. The Balaban J connectivity index is 1.39. The van der Waals surface area contributed by atoms with E-state index in [2.05, 4.69) is 4.98 Å². The van der Waals surface area contributed by atoms with E-state index in [4.69, 9.17) is 0 Å². The maximum absolute atomic E-state index is 12.9.